The van der Waals surface area contributed by atoms with E-state index in [9.17, 15) is 4.79 Å². The molecule has 122 valence electrons. The number of ether oxygens (including phenoxy) is 1. The van der Waals surface area contributed by atoms with Crippen LogP contribution in [0.15, 0.2) is 48.5 Å². The molecule has 0 radical (unpaired) electrons. The zero-order valence-electron chi connectivity index (χ0n) is 13.5. The molecule has 0 spiro atoms. The van der Waals surface area contributed by atoms with Gasteiger partial charge in [0.1, 0.15) is 12.4 Å². The van der Waals surface area contributed by atoms with Gasteiger partial charge in [0.15, 0.2) is 0 Å². The Hall–Kier alpha value is -2.53. The third-order valence-electron chi connectivity index (χ3n) is 3.61. The molecule has 0 aromatic heterocycles. The number of nitrogens with zero attached hydrogens (tertiary/aromatic N) is 1. The zero-order valence-corrected chi connectivity index (χ0v) is 13.5. The summed E-state index contributed by atoms with van der Waals surface area (Å²) >= 11 is 0. The van der Waals surface area contributed by atoms with E-state index in [0.717, 1.165) is 22.6 Å². The Morgan fingerprint density at radius 1 is 1.17 bits per heavy atom. The Morgan fingerprint density at radius 2 is 1.91 bits per heavy atom. The molecule has 2 aromatic carbocycles. The van der Waals surface area contributed by atoms with Crippen molar-refractivity contribution in [3.8, 4) is 5.75 Å². The highest BCUT2D eigenvalue weighted by molar-refractivity contribution is 5.90. The van der Waals surface area contributed by atoms with Crippen LogP contribution in [0.25, 0.3) is 0 Å². The summed E-state index contributed by atoms with van der Waals surface area (Å²) in [6, 6.07) is 15.1. The Balaban J connectivity index is 2.04. The number of hydrogen-bond donors (Lipinski definition) is 2. The fraction of sp³-hybridized carbons (Fsp3) is 0.278. The minimum absolute atomic E-state index is 0.0616. The number of amides is 2. The van der Waals surface area contributed by atoms with Gasteiger partial charge in [0.2, 0.25) is 0 Å². The van der Waals surface area contributed by atoms with Gasteiger partial charge < -0.3 is 20.1 Å². The molecule has 0 atom stereocenters. The molecule has 2 aromatic rings. The standard InChI is InChI=1S/C18H22N2O3/c1-14-15(13-23-16-8-4-3-5-9-16)7-6-10-17(14)19-18(22)20(2)11-12-21/h3-10,21H,11-13H2,1-2H3,(H,19,22). The minimum atomic E-state index is -0.247. The van der Waals surface area contributed by atoms with Crippen LogP contribution in [0, 0.1) is 6.92 Å². The van der Waals surface area contributed by atoms with E-state index in [1.165, 1.54) is 4.90 Å². The van der Waals surface area contributed by atoms with Crippen LogP contribution in [0.5, 0.6) is 5.75 Å². The van der Waals surface area contributed by atoms with E-state index in [1.54, 1.807) is 7.05 Å². The second-order valence-corrected chi connectivity index (χ2v) is 5.27. The summed E-state index contributed by atoms with van der Waals surface area (Å²) in [5.41, 5.74) is 2.72. The summed E-state index contributed by atoms with van der Waals surface area (Å²) in [6.07, 6.45) is 0. The largest absolute Gasteiger partial charge is 0.489 e. The molecule has 0 saturated heterocycles. The van der Waals surface area contributed by atoms with E-state index in [-0.39, 0.29) is 12.6 Å². The SMILES string of the molecule is Cc1c(COc2ccccc2)cccc1NC(=O)N(C)CCO. The van der Waals surface area contributed by atoms with Crippen molar-refractivity contribution in [3.63, 3.8) is 0 Å². The predicted molar refractivity (Wildman–Crippen MR) is 90.7 cm³/mol. The average molecular weight is 314 g/mol. The molecule has 0 bridgehead atoms. The Bertz CT molecular complexity index is 644. The number of urea groups is 1. The maximum absolute atomic E-state index is 12.0. The summed E-state index contributed by atoms with van der Waals surface area (Å²) in [4.78, 5) is 13.5. The van der Waals surface area contributed by atoms with Crippen LogP contribution in [-0.4, -0.2) is 36.2 Å². The van der Waals surface area contributed by atoms with Crippen LogP contribution in [0.4, 0.5) is 10.5 Å². The number of aliphatic hydroxyl groups is 1. The van der Waals surface area contributed by atoms with E-state index in [1.807, 2.05) is 55.5 Å². The first kappa shape index (κ1) is 16.8. The molecular weight excluding hydrogens is 292 g/mol. The maximum atomic E-state index is 12.0. The molecule has 0 unspecified atom stereocenters. The first-order chi connectivity index (χ1) is 11.1. The van der Waals surface area contributed by atoms with Gasteiger partial charge >= 0.3 is 6.03 Å². The first-order valence-electron chi connectivity index (χ1n) is 7.51. The van der Waals surface area contributed by atoms with Gasteiger partial charge in [0.25, 0.3) is 0 Å². The maximum Gasteiger partial charge on any atom is 0.321 e. The molecule has 0 fully saturated rings. The molecule has 5 heteroatoms. The van der Waals surface area contributed by atoms with Crippen molar-refractivity contribution in [3.05, 3.63) is 59.7 Å². The third kappa shape index (κ3) is 4.72. The summed E-state index contributed by atoms with van der Waals surface area (Å²) < 4.78 is 5.76. The number of para-hydroxylation sites is 1. The summed E-state index contributed by atoms with van der Waals surface area (Å²) in [6.45, 7) is 2.62. The van der Waals surface area contributed by atoms with Crippen LogP contribution in [-0.2, 0) is 6.61 Å². The van der Waals surface area contributed by atoms with Crippen LogP contribution in [0.2, 0.25) is 0 Å². The van der Waals surface area contributed by atoms with E-state index in [4.69, 9.17) is 9.84 Å². The van der Waals surface area contributed by atoms with E-state index < -0.39 is 0 Å². The number of benzene rings is 2. The predicted octanol–water partition coefficient (Wildman–Crippen LogP) is 3.03. The topological polar surface area (TPSA) is 61.8 Å². The highest BCUT2D eigenvalue weighted by atomic mass is 16.5. The van der Waals surface area contributed by atoms with Gasteiger partial charge in [0.05, 0.1) is 6.61 Å². The van der Waals surface area contributed by atoms with Gasteiger partial charge in [-0.15, -0.1) is 0 Å². The quantitative estimate of drug-likeness (QED) is 0.861. The number of anilines is 1. The Labute approximate surface area is 136 Å². The number of likely N-dealkylation sites (N-methyl/N-ethyl adjacent to an activating group) is 1. The van der Waals surface area contributed by atoms with Crippen LogP contribution >= 0.6 is 0 Å². The van der Waals surface area contributed by atoms with E-state index >= 15 is 0 Å². The van der Waals surface area contributed by atoms with Crippen molar-refractivity contribution < 1.29 is 14.6 Å². The van der Waals surface area contributed by atoms with Crippen molar-refractivity contribution in [2.45, 2.75) is 13.5 Å². The van der Waals surface area contributed by atoms with Gasteiger partial charge in [-0.3, -0.25) is 0 Å². The molecule has 2 rings (SSSR count). The fourth-order valence-corrected chi connectivity index (χ4v) is 2.12. The number of hydrogen-bond acceptors (Lipinski definition) is 3. The molecule has 23 heavy (non-hydrogen) atoms. The molecule has 0 aliphatic heterocycles. The van der Waals surface area contributed by atoms with Crippen molar-refractivity contribution >= 4 is 11.7 Å². The molecule has 0 aliphatic rings. The van der Waals surface area contributed by atoms with Gasteiger partial charge in [0, 0.05) is 19.3 Å². The lowest BCUT2D eigenvalue weighted by Crippen LogP contribution is -2.33. The number of rotatable bonds is 6. The Kier molecular flexibility index (Phi) is 6.00. The molecule has 2 N–H and O–H groups in total. The fourth-order valence-electron chi connectivity index (χ4n) is 2.12. The lowest BCUT2D eigenvalue weighted by Gasteiger charge is -2.18. The second-order valence-electron chi connectivity index (χ2n) is 5.27. The molecule has 0 heterocycles. The highest BCUT2D eigenvalue weighted by Crippen LogP contribution is 2.21. The molecule has 0 saturated carbocycles. The Morgan fingerprint density at radius 3 is 2.61 bits per heavy atom. The summed E-state index contributed by atoms with van der Waals surface area (Å²) in [7, 11) is 1.64. The van der Waals surface area contributed by atoms with Crippen molar-refractivity contribution in [1.29, 1.82) is 0 Å². The summed E-state index contributed by atoms with van der Waals surface area (Å²) in [5, 5.41) is 11.7. The smallest absolute Gasteiger partial charge is 0.321 e. The van der Waals surface area contributed by atoms with Gasteiger partial charge in [-0.2, -0.15) is 0 Å². The second kappa shape index (κ2) is 8.19. The number of aliphatic hydroxyl groups excluding tert-OH is 1. The van der Waals surface area contributed by atoms with E-state index in [0.29, 0.717) is 13.2 Å². The van der Waals surface area contributed by atoms with Gasteiger partial charge in [-0.05, 0) is 36.2 Å². The van der Waals surface area contributed by atoms with Crippen LogP contribution < -0.4 is 10.1 Å². The number of carbonyl (C=O) groups is 1. The summed E-state index contributed by atoms with van der Waals surface area (Å²) in [5.74, 6) is 0.809. The van der Waals surface area contributed by atoms with Crippen molar-refractivity contribution in [2.24, 2.45) is 0 Å². The van der Waals surface area contributed by atoms with Crippen molar-refractivity contribution in [1.82, 2.24) is 4.90 Å². The monoisotopic (exact) mass is 314 g/mol. The van der Waals surface area contributed by atoms with Gasteiger partial charge in [-0.1, -0.05) is 30.3 Å². The molecule has 5 nitrogen and oxygen atoms in total. The zero-order chi connectivity index (χ0) is 16.7. The van der Waals surface area contributed by atoms with Crippen LogP contribution in [0.1, 0.15) is 11.1 Å². The lowest BCUT2D eigenvalue weighted by atomic mass is 10.1. The normalized spacial score (nSPS) is 10.2. The van der Waals surface area contributed by atoms with Gasteiger partial charge in [-0.25, -0.2) is 4.79 Å². The highest BCUT2D eigenvalue weighted by Gasteiger charge is 2.11. The minimum Gasteiger partial charge on any atom is -0.489 e. The average Bonchev–Trinajstić information content (AvgIpc) is 2.56. The van der Waals surface area contributed by atoms with E-state index in [2.05, 4.69) is 5.32 Å². The molecule has 0 aliphatic carbocycles. The number of carbonyl (C=O) groups excluding carboxylic acids is 1. The molecular formula is C18H22N2O3. The van der Waals surface area contributed by atoms with Crippen LogP contribution in [0.3, 0.4) is 0 Å². The third-order valence-corrected chi connectivity index (χ3v) is 3.61. The first-order valence-corrected chi connectivity index (χ1v) is 7.51. The molecule has 2 amide bonds. The van der Waals surface area contributed by atoms with Crippen molar-refractivity contribution in [2.75, 3.05) is 25.5 Å². The number of nitrogens with one attached hydrogen (secondary N) is 1. The lowest BCUT2D eigenvalue weighted by molar-refractivity contribution is 0.202.